The molecule has 0 N–H and O–H groups in total. The van der Waals surface area contributed by atoms with Crippen LogP contribution < -0.4 is 4.90 Å². The van der Waals surface area contributed by atoms with Gasteiger partial charge >= 0.3 is 6.09 Å². The number of amides is 3. The molecule has 9 heterocycles. The Bertz CT molecular complexity index is 6570. The Hall–Kier alpha value is -11.9. The summed E-state index contributed by atoms with van der Waals surface area (Å²) in [7, 11) is -3.78. The summed E-state index contributed by atoms with van der Waals surface area (Å²) in [5.74, 6) is 0.729. The summed E-state index contributed by atoms with van der Waals surface area (Å²) in [6.07, 6.45) is 3.10. The van der Waals surface area contributed by atoms with E-state index in [0.29, 0.717) is 73.9 Å². The van der Waals surface area contributed by atoms with Crippen molar-refractivity contribution < 1.29 is 37.0 Å². The number of aromatic nitrogens is 5. The van der Waals surface area contributed by atoms with E-state index in [-0.39, 0.29) is 39.6 Å². The van der Waals surface area contributed by atoms with E-state index in [4.69, 9.17) is 21.0 Å². The van der Waals surface area contributed by atoms with Crippen LogP contribution in [0.25, 0.3) is 76.1 Å². The van der Waals surface area contributed by atoms with Crippen LogP contribution in [0.15, 0.2) is 222 Å². The third-order valence-electron chi connectivity index (χ3n) is 24.9. The molecule has 2 unspecified atom stereocenters. The van der Waals surface area contributed by atoms with Crippen LogP contribution in [0.4, 0.5) is 10.5 Å². The lowest BCUT2D eigenvalue weighted by molar-refractivity contribution is 0.0697. The van der Waals surface area contributed by atoms with Crippen molar-refractivity contribution in [1.29, 1.82) is 0 Å². The molecule has 20 rings (SSSR count). The predicted molar refractivity (Wildman–Crippen MR) is 467 cm³/mol. The summed E-state index contributed by atoms with van der Waals surface area (Å²) in [6.45, 7) is 25.8. The third kappa shape index (κ3) is 13.8. The Kier molecular flexibility index (Phi) is 21.4. The van der Waals surface area contributed by atoms with Crippen LogP contribution in [0.5, 0.6) is 0 Å². The van der Waals surface area contributed by atoms with Gasteiger partial charge in [0.2, 0.25) is 10.0 Å². The van der Waals surface area contributed by atoms with Gasteiger partial charge in [-0.2, -0.15) is 4.31 Å². The van der Waals surface area contributed by atoms with Crippen molar-refractivity contribution in [1.82, 2.24) is 43.0 Å². The van der Waals surface area contributed by atoms with Gasteiger partial charge in [-0.3, -0.25) is 14.4 Å². The number of fused-ring (bicyclic) bond motifs is 16. The molecule has 0 spiro atoms. The number of carbonyl (C=O) groups excluding carboxylic acids is 4. The number of anilines is 1. The molecule has 3 amide bonds. The lowest BCUT2D eigenvalue weighted by atomic mass is 9.88. The predicted octanol–water partition coefficient (Wildman–Crippen LogP) is 19.8. The lowest BCUT2D eigenvalue weighted by Crippen LogP contribution is -2.48. The quantitative estimate of drug-likeness (QED) is 0.112. The van der Waals surface area contributed by atoms with Gasteiger partial charge < -0.3 is 38.0 Å². The number of ketones is 1. The Labute approximate surface area is 686 Å². The second-order valence-corrected chi connectivity index (χ2v) is 33.3. The van der Waals surface area contributed by atoms with Crippen molar-refractivity contribution in [3.8, 4) is 0 Å². The summed E-state index contributed by atoms with van der Waals surface area (Å²) in [6, 6.07) is 71.5. The summed E-state index contributed by atoms with van der Waals surface area (Å²) in [4.78, 5) is 61.4. The number of para-hydroxylation sites is 3. The van der Waals surface area contributed by atoms with Gasteiger partial charge in [0.25, 0.3) is 11.8 Å². The maximum Gasteiger partial charge on any atom is 0.410 e. The summed E-state index contributed by atoms with van der Waals surface area (Å²) < 4.78 is 45.3. The number of likely N-dealkylation sites (N-methyl/N-ethyl adjacent to an activating group) is 1. The second kappa shape index (κ2) is 32.3. The molecule has 594 valence electrons. The lowest BCUT2D eigenvalue weighted by Gasteiger charge is -2.39. The topological polar surface area (TPSA) is 182 Å². The number of halogens is 1. The average molecular weight is 1600 g/mol. The SMILES string of the molecule is CCN1c2ccccc2C2CN(C(=O)c3ccc(C)c4ccccc34)CCC21.CCOC(=O)N1CCc2c(c3cc(C(=O)c4ccc(C)c5ccccc45)ccc3n2CC)C1.CCn1c2c(c3ccccc31)CN(C(=O)c1ccc(C)c3ccccc13)CC2.CCn1c2c(c3ccccc31)CN(S(=O)(=O)c1ccc(Cl)c3nonc13)CC2. The number of hydrogen-bond acceptors (Lipinski definition) is 11. The van der Waals surface area contributed by atoms with E-state index in [1.54, 1.807) is 4.90 Å². The molecular formula is C97H95ClN10O8S. The molecule has 5 aliphatic rings. The number of piperidine rings is 1. The Morgan fingerprint density at radius 3 is 1.50 bits per heavy atom. The minimum Gasteiger partial charge on any atom is -0.450 e. The van der Waals surface area contributed by atoms with E-state index in [2.05, 4.69) is 191 Å². The van der Waals surface area contributed by atoms with Gasteiger partial charge in [-0.05, 0) is 193 Å². The fourth-order valence-electron chi connectivity index (χ4n) is 19.2. The maximum absolute atomic E-state index is 13.6. The number of nitrogens with zero attached hydrogens (tertiary/aromatic N) is 10. The molecule has 4 aromatic heterocycles. The zero-order valence-electron chi connectivity index (χ0n) is 67.4. The van der Waals surface area contributed by atoms with Crippen LogP contribution in [0.2, 0.25) is 5.02 Å². The van der Waals surface area contributed by atoms with Crippen molar-refractivity contribution in [2.24, 2.45) is 0 Å². The molecule has 11 aromatic carbocycles. The zero-order valence-corrected chi connectivity index (χ0v) is 69.0. The number of carbonyl (C=O) groups is 4. The smallest absolute Gasteiger partial charge is 0.410 e. The molecule has 0 bridgehead atoms. The van der Waals surface area contributed by atoms with Gasteiger partial charge in [0, 0.05) is 192 Å². The first-order valence-electron chi connectivity index (χ1n) is 41.0. The fraction of sp³-hybridized carbons (Fsp3) is 0.278. The monoisotopic (exact) mass is 1590 g/mol. The first kappa shape index (κ1) is 77.7. The zero-order chi connectivity index (χ0) is 81.1. The van der Waals surface area contributed by atoms with Crippen LogP contribution >= 0.6 is 11.6 Å². The maximum atomic E-state index is 13.6. The van der Waals surface area contributed by atoms with E-state index in [1.165, 1.54) is 77.8 Å². The number of ether oxygens (including phenoxy) is 1. The minimum atomic E-state index is -3.78. The van der Waals surface area contributed by atoms with E-state index in [1.807, 2.05) is 103 Å². The number of likely N-dealkylation sites (tertiary alicyclic amines) is 1. The molecule has 0 aliphatic carbocycles. The van der Waals surface area contributed by atoms with Gasteiger partial charge in [0.15, 0.2) is 16.8 Å². The molecule has 20 heteroatoms. The Morgan fingerprint density at radius 1 is 0.462 bits per heavy atom. The molecule has 5 aliphatic heterocycles. The highest BCUT2D eigenvalue weighted by Crippen LogP contribution is 2.46. The first-order chi connectivity index (χ1) is 56.9. The highest BCUT2D eigenvalue weighted by Gasteiger charge is 2.43. The van der Waals surface area contributed by atoms with Crippen molar-refractivity contribution in [2.45, 2.75) is 137 Å². The average Bonchev–Trinajstić information content (AvgIpc) is 1.63. The van der Waals surface area contributed by atoms with Gasteiger partial charge in [-0.1, -0.05) is 163 Å². The summed E-state index contributed by atoms with van der Waals surface area (Å²) >= 11 is 6.08. The highest BCUT2D eigenvalue weighted by molar-refractivity contribution is 7.89. The molecule has 0 radical (unpaired) electrons. The molecule has 15 aromatic rings. The van der Waals surface area contributed by atoms with Gasteiger partial charge in [0.05, 0.1) is 18.2 Å². The molecule has 117 heavy (non-hydrogen) atoms. The number of hydrogen-bond donors (Lipinski definition) is 0. The second-order valence-electron chi connectivity index (χ2n) is 31.0. The highest BCUT2D eigenvalue weighted by atomic mass is 35.5. The van der Waals surface area contributed by atoms with Crippen LogP contribution in [-0.4, -0.2) is 127 Å². The van der Waals surface area contributed by atoms with Gasteiger partial charge in [0.1, 0.15) is 4.90 Å². The Balaban J connectivity index is 0.000000112. The summed E-state index contributed by atoms with van der Waals surface area (Å²) in [5.41, 5.74) is 20.7. The minimum absolute atomic E-state index is 0.0177. The van der Waals surface area contributed by atoms with Crippen molar-refractivity contribution in [3.63, 3.8) is 0 Å². The van der Waals surface area contributed by atoms with Crippen LogP contribution in [-0.2, 0) is 73.3 Å². The van der Waals surface area contributed by atoms with E-state index in [0.717, 1.165) is 142 Å². The van der Waals surface area contributed by atoms with Crippen molar-refractivity contribution in [3.05, 3.63) is 296 Å². The molecule has 0 saturated carbocycles. The van der Waals surface area contributed by atoms with Crippen LogP contribution in [0, 0.1) is 20.8 Å². The van der Waals surface area contributed by atoms with Gasteiger partial charge in [-0.15, -0.1) is 0 Å². The van der Waals surface area contributed by atoms with Gasteiger partial charge in [-0.25, -0.2) is 17.8 Å². The molecule has 1 fully saturated rings. The normalized spacial score (nSPS) is 15.8. The van der Waals surface area contributed by atoms with Crippen molar-refractivity contribution in [2.75, 3.05) is 50.8 Å². The largest absolute Gasteiger partial charge is 0.450 e. The number of rotatable bonds is 11. The van der Waals surface area contributed by atoms with E-state index < -0.39 is 10.0 Å². The first-order valence-corrected chi connectivity index (χ1v) is 42.8. The number of sulfonamides is 1. The van der Waals surface area contributed by atoms with Crippen LogP contribution in [0.1, 0.15) is 140 Å². The van der Waals surface area contributed by atoms with Crippen LogP contribution in [0.3, 0.4) is 0 Å². The molecule has 2 atom stereocenters. The number of aryl methyl sites for hydroxylation is 6. The number of benzene rings is 11. The van der Waals surface area contributed by atoms with Crippen molar-refractivity contribution >= 4 is 127 Å². The fourth-order valence-corrected chi connectivity index (χ4v) is 20.9. The molecular weight excluding hydrogens is 1500 g/mol. The molecule has 18 nitrogen and oxygen atoms in total. The molecule has 1 saturated heterocycles. The standard InChI is InChI=1S/C28H28N2O3.C25H26N2O.C25H24N2O.C19H17ClN4O3S/c1-4-30-25-13-11-19(27(31)22-12-10-18(3)20-8-6-7-9-21(20)22)16-23(25)24-17-29(15-14-26(24)30)28(32)33-5-2;2*1-3-27-23-11-7-6-10-20(23)22-16-26(15-14-24(22)27)25(28)21-13-12-17(2)18-8-4-5-9-19(18)21;1-2-24-15-6-4-3-5-12(15)13-11-23(10-9-16(13)24)28(25,26)17-8-7-14(20)18-19(17)22-27-21-18/h6-13,16H,4-5,14-15,17H2,1-3H3;4-13,22,24H,3,14-16H2,1-2H3;4-13H,3,14-16H2,1-2H3;3-8H,2,9-11H2,1H3. The summed E-state index contributed by atoms with van der Waals surface area (Å²) in [5, 5.41) is 17.8. The van der Waals surface area contributed by atoms with E-state index in [9.17, 15) is 27.6 Å². The third-order valence-corrected chi connectivity index (χ3v) is 27.1. The van der Waals surface area contributed by atoms with E-state index >= 15 is 0 Å². The Morgan fingerprint density at radius 2 is 0.932 bits per heavy atom.